The third kappa shape index (κ3) is 2.70. The first-order chi connectivity index (χ1) is 8.20. The predicted octanol–water partition coefficient (Wildman–Crippen LogP) is 2.71. The minimum atomic E-state index is 0.108. The first kappa shape index (κ1) is 11.8. The highest BCUT2D eigenvalue weighted by Gasteiger charge is 2.10. The van der Waals surface area contributed by atoms with Crippen molar-refractivity contribution in [3.63, 3.8) is 0 Å². The van der Waals surface area contributed by atoms with Gasteiger partial charge in [0.25, 0.3) is 0 Å². The number of nitrogens with two attached hydrogens (primary N) is 1. The van der Waals surface area contributed by atoms with E-state index in [0.29, 0.717) is 0 Å². The van der Waals surface area contributed by atoms with Crippen molar-refractivity contribution in [1.82, 2.24) is 10.4 Å². The maximum absolute atomic E-state index is 5.59. The molecule has 17 heavy (non-hydrogen) atoms. The van der Waals surface area contributed by atoms with E-state index in [2.05, 4.69) is 35.2 Å². The number of hydrogen-bond acceptors (Lipinski definition) is 3. The van der Waals surface area contributed by atoms with Crippen molar-refractivity contribution < 1.29 is 0 Å². The SMILES string of the molecule is C=C(C)CC(NN)c1ccc2ncccc2c1. The molecule has 0 radical (unpaired) electrons. The molecule has 0 amide bonds. The number of hydrazine groups is 1. The number of fused-ring (bicyclic) bond motifs is 1. The van der Waals surface area contributed by atoms with E-state index in [1.54, 1.807) is 6.20 Å². The lowest BCUT2D eigenvalue weighted by Gasteiger charge is -2.16. The number of nitrogens with zero attached hydrogens (tertiary/aromatic N) is 1. The Hall–Kier alpha value is -1.71. The molecule has 2 rings (SSSR count). The summed E-state index contributed by atoms with van der Waals surface area (Å²) in [7, 11) is 0. The fourth-order valence-electron chi connectivity index (χ4n) is 1.93. The van der Waals surface area contributed by atoms with E-state index in [4.69, 9.17) is 5.84 Å². The van der Waals surface area contributed by atoms with Crippen molar-refractivity contribution in [2.75, 3.05) is 0 Å². The molecule has 1 unspecified atom stereocenters. The molecule has 0 saturated heterocycles. The zero-order valence-electron chi connectivity index (χ0n) is 9.98. The van der Waals surface area contributed by atoms with Crippen molar-refractivity contribution in [3.05, 3.63) is 54.2 Å². The first-order valence-corrected chi connectivity index (χ1v) is 5.66. The first-order valence-electron chi connectivity index (χ1n) is 5.66. The molecule has 2 aromatic rings. The van der Waals surface area contributed by atoms with Gasteiger partial charge in [-0.25, -0.2) is 0 Å². The lowest BCUT2D eigenvalue weighted by Crippen LogP contribution is -2.28. The van der Waals surface area contributed by atoms with Crippen LogP contribution in [0.1, 0.15) is 24.9 Å². The van der Waals surface area contributed by atoms with Crippen LogP contribution in [-0.2, 0) is 0 Å². The standard InChI is InChI=1S/C14H17N3/c1-10(2)8-14(17-15)12-5-6-13-11(9-12)4-3-7-16-13/h3-7,9,14,17H,1,8,15H2,2H3. The van der Waals surface area contributed by atoms with Crippen LogP contribution in [0.15, 0.2) is 48.7 Å². The largest absolute Gasteiger partial charge is 0.271 e. The minimum Gasteiger partial charge on any atom is -0.271 e. The van der Waals surface area contributed by atoms with Crippen LogP contribution in [0.3, 0.4) is 0 Å². The molecular formula is C14H17N3. The zero-order valence-corrected chi connectivity index (χ0v) is 9.98. The summed E-state index contributed by atoms with van der Waals surface area (Å²) in [6, 6.07) is 10.3. The molecule has 0 bridgehead atoms. The fourth-order valence-corrected chi connectivity index (χ4v) is 1.93. The van der Waals surface area contributed by atoms with Gasteiger partial charge in [0.2, 0.25) is 0 Å². The van der Waals surface area contributed by atoms with Gasteiger partial charge in [-0.3, -0.25) is 16.3 Å². The number of benzene rings is 1. The maximum atomic E-state index is 5.59. The second-order valence-corrected chi connectivity index (χ2v) is 4.34. The summed E-state index contributed by atoms with van der Waals surface area (Å²) >= 11 is 0. The number of rotatable bonds is 4. The summed E-state index contributed by atoms with van der Waals surface area (Å²) in [6.07, 6.45) is 2.64. The number of nitrogens with one attached hydrogen (secondary N) is 1. The summed E-state index contributed by atoms with van der Waals surface area (Å²) in [5, 5.41) is 1.13. The third-order valence-electron chi connectivity index (χ3n) is 2.78. The van der Waals surface area contributed by atoms with Gasteiger partial charge in [0, 0.05) is 17.6 Å². The summed E-state index contributed by atoms with van der Waals surface area (Å²) in [6.45, 7) is 5.93. The Morgan fingerprint density at radius 3 is 3.00 bits per heavy atom. The summed E-state index contributed by atoms with van der Waals surface area (Å²) in [4.78, 5) is 4.30. The molecule has 1 heterocycles. The monoisotopic (exact) mass is 227 g/mol. The van der Waals surface area contributed by atoms with Crippen LogP contribution < -0.4 is 11.3 Å². The van der Waals surface area contributed by atoms with Gasteiger partial charge in [0.1, 0.15) is 0 Å². The number of aromatic nitrogens is 1. The summed E-state index contributed by atoms with van der Waals surface area (Å²) in [5.74, 6) is 5.59. The van der Waals surface area contributed by atoms with Crippen molar-refractivity contribution in [2.24, 2.45) is 5.84 Å². The molecular weight excluding hydrogens is 210 g/mol. The molecule has 88 valence electrons. The Morgan fingerprint density at radius 1 is 1.47 bits per heavy atom. The molecule has 3 nitrogen and oxygen atoms in total. The van der Waals surface area contributed by atoms with Crippen molar-refractivity contribution in [1.29, 1.82) is 0 Å². The van der Waals surface area contributed by atoms with Gasteiger partial charge in [-0.1, -0.05) is 17.7 Å². The van der Waals surface area contributed by atoms with Gasteiger partial charge in [0.15, 0.2) is 0 Å². The number of hydrogen-bond donors (Lipinski definition) is 2. The van der Waals surface area contributed by atoms with E-state index in [9.17, 15) is 0 Å². The lowest BCUT2D eigenvalue weighted by molar-refractivity contribution is 0.551. The van der Waals surface area contributed by atoms with Crippen LogP contribution in [0.5, 0.6) is 0 Å². The smallest absolute Gasteiger partial charge is 0.0702 e. The third-order valence-corrected chi connectivity index (χ3v) is 2.78. The van der Waals surface area contributed by atoms with Gasteiger partial charge < -0.3 is 0 Å². The quantitative estimate of drug-likeness (QED) is 0.479. The van der Waals surface area contributed by atoms with E-state index in [1.165, 1.54) is 0 Å². The van der Waals surface area contributed by atoms with E-state index >= 15 is 0 Å². The average molecular weight is 227 g/mol. The highest BCUT2D eigenvalue weighted by molar-refractivity contribution is 5.79. The molecule has 1 atom stereocenters. The Balaban J connectivity index is 2.37. The fraction of sp³-hybridized carbons (Fsp3) is 0.214. The van der Waals surface area contributed by atoms with Gasteiger partial charge in [-0.2, -0.15) is 0 Å². The maximum Gasteiger partial charge on any atom is 0.0702 e. The molecule has 3 heteroatoms. The number of pyridine rings is 1. The van der Waals surface area contributed by atoms with Gasteiger partial charge in [-0.05, 0) is 37.1 Å². The Morgan fingerprint density at radius 2 is 2.29 bits per heavy atom. The molecule has 3 N–H and O–H groups in total. The summed E-state index contributed by atoms with van der Waals surface area (Å²) < 4.78 is 0. The second kappa shape index (κ2) is 5.08. The highest BCUT2D eigenvalue weighted by Crippen LogP contribution is 2.22. The predicted molar refractivity (Wildman–Crippen MR) is 71.2 cm³/mol. The Kier molecular flexibility index (Phi) is 3.52. The van der Waals surface area contributed by atoms with E-state index in [0.717, 1.165) is 28.5 Å². The van der Waals surface area contributed by atoms with Crippen LogP contribution in [0.2, 0.25) is 0 Å². The van der Waals surface area contributed by atoms with Crippen molar-refractivity contribution in [3.8, 4) is 0 Å². The topological polar surface area (TPSA) is 50.9 Å². The van der Waals surface area contributed by atoms with Crippen LogP contribution in [-0.4, -0.2) is 4.98 Å². The molecule has 0 saturated carbocycles. The second-order valence-electron chi connectivity index (χ2n) is 4.34. The van der Waals surface area contributed by atoms with Gasteiger partial charge in [-0.15, -0.1) is 6.58 Å². The molecule has 0 aliphatic heterocycles. The molecule has 0 aliphatic carbocycles. The molecule has 0 aliphatic rings. The zero-order chi connectivity index (χ0) is 12.3. The molecule has 0 fully saturated rings. The minimum absolute atomic E-state index is 0.108. The van der Waals surface area contributed by atoms with Gasteiger partial charge in [0.05, 0.1) is 5.52 Å². The van der Waals surface area contributed by atoms with Crippen molar-refractivity contribution >= 4 is 10.9 Å². The Bertz CT molecular complexity index is 534. The van der Waals surface area contributed by atoms with E-state index < -0.39 is 0 Å². The van der Waals surface area contributed by atoms with Crippen LogP contribution in [0.4, 0.5) is 0 Å². The van der Waals surface area contributed by atoms with Crippen LogP contribution >= 0.6 is 0 Å². The van der Waals surface area contributed by atoms with Crippen molar-refractivity contribution in [2.45, 2.75) is 19.4 Å². The van der Waals surface area contributed by atoms with Crippen LogP contribution in [0.25, 0.3) is 10.9 Å². The highest BCUT2D eigenvalue weighted by atomic mass is 15.2. The molecule has 0 spiro atoms. The average Bonchev–Trinajstić information content (AvgIpc) is 2.35. The van der Waals surface area contributed by atoms with Gasteiger partial charge >= 0.3 is 0 Å². The summed E-state index contributed by atoms with van der Waals surface area (Å²) in [5.41, 5.74) is 6.11. The Labute approximate surface area is 101 Å². The molecule has 1 aromatic heterocycles. The van der Waals surface area contributed by atoms with E-state index in [-0.39, 0.29) is 6.04 Å². The normalized spacial score (nSPS) is 12.6. The van der Waals surface area contributed by atoms with Crippen LogP contribution in [0, 0.1) is 0 Å². The lowest BCUT2D eigenvalue weighted by atomic mass is 9.99. The van der Waals surface area contributed by atoms with E-state index in [1.807, 2.05) is 19.1 Å². The molecule has 1 aromatic carbocycles.